The highest BCUT2D eigenvalue weighted by atomic mass is 16.2. The first-order valence-electron chi connectivity index (χ1n) is 3.30. The van der Waals surface area contributed by atoms with Crippen LogP contribution in [0.25, 0.3) is 0 Å². The molecule has 0 radical (unpaired) electrons. The topological polar surface area (TPSA) is 46.0 Å². The van der Waals surface area contributed by atoms with Gasteiger partial charge in [-0.1, -0.05) is 0 Å². The standard InChI is InChI=1S/C7H10N2O/c10-6-1-3-7-8-4-2-5-9-7/h2,4-5,10H,1,3,6H2. The molecule has 3 heteroatoms. The first kappa shape index (κ1) is 7.15. The first-order chi connectivity index (χ1) is 4.93. The molecule has 0 unspecified atom stereocenters. The Kier molecular flexibility index (Phi) is 2.83. The van der Waals surface area contributed by atoms with Crippen molar-refractivity contribution in [3.63, 3.8) is 0 Å². The van der Waals surface area contributed by atoms with Crippen molar-refractivity contribution in [3.05, 3.63) is 24.3 Å². The maximum Gasteiger partial charge on any atom is 0.128 e. The van der Waals surface area contributed by atoms with Crippen molar-refractivity contribution in [3.8, 4) is 0 Å². The largest absolute Gasteiger partial charge is 0.396 e. The van der Waals surface area contributed by atoms with Crippen LogP contribution in [0.4, 0.5) is 0 Å². The maximum absolute atomic E-state index is 8.47. The lowest BCUT2D eigenvalue weighted by Gasteiger charge is -1.93. The molecule has 0 amide bonds. The van der Waals surface area contributed by atoms with Crippen molar-refractivity contribution in [1.82, 2.24) is 9.97 Å². The van der Waals surface area contributed by atoms with E-state index in [2.05, 4.69) is 9.97 Å². The van der Waals surface area contributed by atoms with Crippen molar-refractivity contribution in [2.24, 2.45) is 0 Å². The Bertz CT molecular complexity index is 176. The number of aromatic nitrogens is 2. The number of rotatable bonds is 3. The molecule has 0 aliphatic carbocycles. The van der Waals surface area contributed by atoms with E-state index in [9.17, 15) is 0 Å². The van der Waals surface area contributed by atoms with Crippen LogP contribution in [-0.4, -0.2) is 21.7 Å². The smallest absolute Gasteiger partial charge is 0.128 e. The number of hydrogen-bond donors (Lipinski definition) is 1. The summed E-state index contributed by atoms with van der Waals surface area (Å²) in [5, 5.41) is 8.47. The lowest BCUT2D eigenvalue weighted by atomic mass is 10.3. The fourth-order valence-electron chi connectivity index (χ4n) is 0.696. The highest BCUT2D eigenvalue weighted by molar-refractivity contribution is 4.88. The van der Waals surface area contributed by atoms with Gasteiger partial charge >= 0.3 is 0 Å². The zero-order chi connectivity index (χ0) is 7.23. The Balaban J connectivity index is 2.43. The molecule has 0 aliphatic rings. The summed E-state index contributed by atoms with van der Waals surface area (Å²) in [6.07, 6.45) is 4.92. The second kappa shape index (κ2) is 3.95. The van der Waals surface area contributed by atoms with Crippen molar-refractivity contribution >= 4 is 0 Å². The summed E-state index contributed by atoms with van der Waals surface area (Å²) >= 11 is 0. The second-order valence-electron chi connectivity index (χ2n) is 1.99. The van der Waals surface area contributed by atoms with E-state index in [1.165, 1.54) is 0 Å². The van der Waals surface area contributed by atoms with Crippen molar-refractivity contribution < 1.29 is 5.11 Å². The minimum atomic E-state index is 0.207. The average Bonchev–Trinajstić information content (AvgIpc) is 2.03. The van der Waals surface area contributed by atoms with Crippen LogP contribution >= 0.6 is 0 Å². The van der Waals surface area contributed by atoms with Crippen LogP contribution in [0.15, 0.2) is 18.5 Å². The highest BCUT2D eigenvalue weighted by Crippen LogP contribution is 1.91. The highest BCUT2D eigenvalue weighted by Gasteiger charge is 1.91. The van der Waals surface area contributed by atoms with Gasteiger partial charge in [0.15, 0.2) is 0 Å². The molecular formula is C7H10N2O. The maximum atomic E-state index is 8.47. The third-order valence-corrected chi connectivity index (χ3v) is 1.18. The minimum absolute atomic E-state index is 0.207. The van der Waals surface area contributed by atoms with Crippen molar-refractivity contribution in [2.75, 3.05) is 6.61 Å². The number of hydrogen-bond acceptors (Lipinski definition) is 3. The Morgan fingerprint density at radius 2 is 2.00 bits per heavy atom. The van der Waals surface area contributed by atoms with Crippen LogP contribution in [0.1, 0.15) is 12.2 Å². The molecule has 0 bridgehead atoms. The molecule has 1 rings (SSSR count). The van der Waals surface area contributed by atoms with Crippen LogP contribution in [-0.2, 0) is 6.42 Å². The van der Waals surface area contributed by atoms with E-state index >= 15 is 0 Å². The number of aliphatic hydroxyl groups is 1. The second-order valence-corrected chi connectivity index (χ2v) is 1.99. The third kappa shape index (κ3) is 2.11. The van der Waals surface area contributed by atoms with E-state index in [1.54, 1.807) is 18.5 Å². The van der Waals surface area contributed by atoms with Gasteiger partial charge in [0.05, 0.1) is 0 Å². The van der Waals surface area contributed by atoms with Crippen LogP contribution in [0.5, 0.6) is 0 Å². The van der Waals surface area contributed by atoms with E-state index in [-0.39, 0.29) is 6.61 Å². The molecule has 1 aromatic rings. The third-order valence-electron chi connectivity index (χ3n) is 1.18. The summed E-state index contributed by atoms with van der Waals surface area (Å²) in [6, 6.07) is 1.78. The zero-order valence-corrected chi connectivity index (χ0v) is 5.70. The molecule has 1 heterocycles. The lowest BCUT2D eigenvalue weighted by Crippen LogP contribution is -1.94. The van der Waals surface area contributed by atoms with E-state index in [0.717, 1.165) is 18.7 Å². The minimum Gasteiger partial charge on any atom is -0.396 e. The normalized spacial score (nSPS) is 9.70. The summed E-state index contributed by atoms with van der Waals surface area (Å²) < 4.78 is 0. The molecule has 0 spiro atoms. The van der Waals surface area contributed by atoms with Crippen molar-refractivity contribution in [1.29, 1.82) is 0 Å². The van der Waals surface area contributed by atoms with Crippen LogP contribution in [0.2, 0.25) is 0 Å². The quantitative estimate of drug-likeness (QED) is 0.657. The van der Waals surface area contributed by atoms with Gasteiger partial charge in [0.2, 0.25) is 0 Å². The summed E-state index contributed by atoms with van der Waals surface area (Å²) in [7, 11) is 0. The molecule has 0 aliphatic heterocycles. The molecule has 3 nitrogen and oxygen atoms in total. The Morgan fingerprint density at radius 3 is 2.60 bits per heavy atom. The Morgan fingerprint density at radius 1 is 1.30 bits per heavy atom. The van der Waals surface area contributed by atoms with Gasteiger partial charge in [0, 0.05) is 25.4 Å². The average molecular weight is 138 g/mol. The Hall–Kier alpha value is -0.960. The summed E-state index contributed by atoms with van der Waals surface area (Å²) in [6.45, 7) is 0.207. The van der Waals surface area contributed by atoms with Gasteiger partial charge in [-0.2, -0.15) is 0 Å². The van der Waals surface area contributed by atoms with Crippen LogP contribution in [0, 0.1) is 0 Å². The summed E-state index contributed by atoms with van der Waals surface area (Å²) in [4.78, 5) is 7.99. The molecule has 10 heavy (non-hydrogen) atoms. The molecule has 1 N–H and O–H groups in total. The molecule has 0 saturated heterocycles. The summed E-state index contributed by atoms with van der Waals surface area (Å²) in [5.74, 6) is 0.802. The Labute approximate surface area is 59.8 Å². The molecule has 0 atom stereocenters. The van der Waals surface area contributed by atoms with E-state index in [4.69, 9.17) is 5.11 Å². The molecule has 54 valence electrons. The fourth-order valence-corrected chi connectivity index (χ4v) is 0.696. The van der Waals surface area contributed by atoms with Gasteiger partial charge in [-0.3, -0.25) is 0 Å². The lowest BCUT2D eigenvalue weighted by molar-refractivity contribution is 0.287. The van der Waals surface area contributed by atoms with Gasteiger partial charge in [0.25, 0.3) is 0 Å². The molecule has 1 aromatic heterocycles. The van der Waals surface area contributed by atoms with Crippen LogP contribution < -0.4 is 0 Å². The SMILES string of the molecule is OCCCc1ncccn1. The monoisotopic (exact) mass is 138 g/mol. The van der Waals surface area contributed by atoms with Gasteiger partial charge < -0.3 is 5.11 Å². The zero-order valence-electron chi connectivity index (χ0n) is 5.70. The summed E-state index contributed by atoms with van der Waals surface area (Å²) in [5.41, 5.74) is 0. The van der Waals surface area contributed by atoms with Gasteiger partial charge in [0.1, 0.15) is 5.82 Å². The number of nitrogens with zero attached hydrogens (tertiary/aromatic N) is 2. The molecule has 0 saturated carbocycles. The van der Waals surface area contributed by atoms with Gasteiger partial charge in [-0.25, -0.2) is 9.97 Å². The number of aliphatic hydroxyl groups excluding tert-OH is 1. The first-order valence-corrected chi connectivity index (χ1v) is 3.30. The predicted octanol–water partition coefficient (Wildman–Crippen LogP) is 0.401. The van der Waals surface area contributed by atoms with Gasteiger partial charge in [-0.05, 0) is 12.5 Å². The molecule has 0 aromatic carbocycles. The van der Waals surface area contributed by atoms with Crippen LogP contribution in [0.3, 0.4) is 0 Å². The van der Waals surface area contributed by atoms with E-state index in [0.29, 0.717) is 0 Å². The van der Waals surface area contributed by atoms with Crippen molar-refractivity contribution in [2.45, 2.75) is 12.8 Å². The van der Waals surface area contributed by atoms with E-state index in [1.807, 2.05) is 0 Å². The molecule has 0 fully saturated rings. The predicted molar refractivity (Wildman–Crippen MR) is 37.4 cm³/mol. The fraction of sp³-hybridized carbons (Fsp3) is 0.429. The van der Waals surface area contributed by atoms with E-state index < -0.39 is 0 Å². The molecular weight excluding hydrogens is 128 g/mol. The van der Waals surface area contributed by atoms with Gasteiger partial charge in [-0.15, -0.1) is 0 Å². The number of aryl methyl sites for hydroxylation is 1.